The molecule has 0 aliphatic heterocycles. The minimum absolute atomic E-state index is 0.578. The van der Waals surface area contributed by atoms with E-state index in [4.69, 9.17) is 11.3 Å². The van der Waals surface area contributed by atoms with Gasteiger partial charge in [0, 0.05) is 17.1 Å². The molecule has 4 nitrogen and oxygen atoms in total. The van der Waals surface area contributed by atoms with Crippen LogP contribution in [0.4, 0.5) is 22.7 Å². The topological polar surface area (TPSA) is 40.6 Å². The zero-order valence-corrected chi connectivity index (χ0v) is 22.5. The minimum atomic E-state index is 0.578. The van der Waals surface area contributed by atoms with Crippen molar-refractivity contribution in [1.29, 1.82) is 5.26 Å². The highest BCUT2D eigenvalue weighted by molar-refractivity contribution is 6.15. The summed E-state index contributed by atoms with van der Waals surface area (Å²) in [6.45, 7) is 7.86. The van der Waals surface area contributed by atoms with Gasteiger partial charge in [0.05, 0.1) is 19.2 Å². The summed E-state index contributed by atoms with van der Waals surface area (Å²) in [5.41, 5.74) is 6.35. The molecule has 0 aliphatic rings. The van der Waals surface area contributed by atoms with Crippen LogP contribution in [0, 0.1) is 17.9 Å². The number of fused-ring (bicyclic) bond motifs is 2. The van der Waals surface area contributed by atoms with Gasteiger partial charge in [-0.2, -0.15) is 5.26 Å². The van der Waals surface area contributed by atoms with Gasteiger partial charge in [0.1, 0.15) is 11.8 Å². The molecule has 0 spiro atoms. The molecule has 0 N–H and O–H groups in total. The third-order valence-corrected chi connectivity index (χ3v) is 7.21. The number of benzene rings is 6. The summed E-state index contributed by atoms with van der Waals surface area (Å²) in [5.74, 6) is 0.816. The van der Waals surface area contributed by atoms with Crippen LogP contribution in [0.2, 0.25) is 0 Å². The van der Waals surface area contributed by atoms with Crippen LogP contribution >= 0.6 is 0 Å². The van der Waals surface area contributed by atoms with E-state index >= 15 is 0 Å². The fraction of sp³-hybridized carbons (Fsp3) is 0.0270. The number of hydrogen-bond donors (Lipinski definition) is 0. The smallest absolute Gasteiger partial charge is 0.202 e. The standard InChI is InChI=1S/C37H25N3O/c1-39-37-34-11-7-6-10-32(34)36(25-38)33-23-16-27(24-35(33)37)13-12-26-14-17-29(18-15-26)40(28-8-4-3-5-9-28)30-19-21-31(41-2)22-20-30/h3-24H,2H3/b13-12+. The molecule has 0 radical (unpaired) electrons. The predicted molar refractivity (Wildman–Crippen MR) is 169 cm³/mol. The fourth-order valence-corrected chi connectivity index (χ4v) is 5.20. The lowest BCUT2D eigenvalue weighted by Crippen LogP contribution is -2.09. The zero-order valence-electron chi connectivity index (χ0n) is 22.5. The SMILES string of the molecule is [C-]#[N+]c1c2ccccc2c(C#N)c2ccc(/C=C/c3ccc(N(c4ccccc4)c4ccc(OC)cc4)cc3)cc12. The molecule has 0 amide bonds. The minimum Gasteiger partial charge on any atom is -0.497 e. The Labute approximate surface area is 239 Å². The molecule has 41 heavy (non-hydrogen) atoms. The first-order valence-corrected chi connectivity index (χ1v) is 13.2. The summed E-state index contributed by atoms with van der Waals surface area (Å²) in [6.07, 6.45) is 4.11. The predicted octanol–water partition coefficient (Wildman–Crippen LogP) is 10.1. The first-order chi connectivity index (χ1) is 20.2. The molecule has 0 heterocycles. The van der Waals surface area contributed by atoms with Crippen molar-refractivity contribution in [3.63, 3.8) is 0 Å². The Morgan fingerprint density at radius 2 is 1.22 bits per heavy atom. The molecular formula is C37H25N3O. The number of rotatable bonds is 6. The maximum Gasteiger partial charge on any atom is 0.202 e. The van der Waals surface area contributed by atoms with Crippen LogP contribution in [0.25, 0.3) is 38.5 Å². The Morgan fingerprint density at radius 1 is 0.659 bits per heavy atom. The molecule has 0 atom stereocenters. The van der Waals surface area contributed by atoms with Crippen LogP contribution in [0.1, 0.15) is 16.7 Å². The van der Waals surface area contributed by atoms with Gasteiger partial charge in [0.25, 0.3) is 0 Å². The number of nitrogens with zero attached hydrogens (tertiary/aromatic N) is 3. The van der Waals surface area contributed by atoms with E-state index < -0.39 is 0 Å². The van der Waals surface area contributed by atoms with Gasteiger partial charge >= 0.3 is 0 Å². The van der Waals surface area contributed by atoms with E-state index in [2.05, 4.69) is 70.4 Å². The van der Waals surface area contributed by atoms with E-state index in [0.717, 1.165) is 55.5 Å². The monoisotopic (exact) mass is 527 g/mol. The number of para-hydroxylation sites is 1. The van der Waals surface area contributed by atoms with Gasteiger partial charge in [0.15, 0.2) is 0 Å². The fourth-order valence-electron chi connectivity index (χ4n) is 5.20. The molecule has 0 fully saturated rings. The highest BCUT2D eigenvalue weighted by atomic mass is 16.5. The number of ether oxygens (including phenoxy) is 1. The maximum absolute atomic E-state index is 9.90. The quantitative estimate of drug-likeness (QED) is 0.123. The van der Waals surface area contributed by atoms with Crippen LogP contribution in [0.3, 0.4) is 0 Å². The van der Waals surface area contributed by atoms with Crippen molar-refractivity contribution in [3.05, 3.63) is 149 Å². The lowest BCUT2D eigenvalue weighted by atomic mass is 9.94. The second kappa shape index (κ2) is 11.1. The molecule has 0 unspecified atom stereocenters. The lowest BCUT2D eigenvalue weighted by molar-refractivity contribution is 0.415. The molecule has 6 aromatic carbocycles. The van der Waals surface area contributed by atoms with Crippen molar-refractivity contribution in [2.75, 3.05) is 12.0 Å². The van der Waals surface area contributed by atoms with Crippen LogP contribution in [-0.2, 0) is 0 Å². The second-order valence-corrected chi connectivity index (χ2v) is 9.59. The molecule has 0 bridgehead atoms. The molecular weight excluding hydrogens is 502 g/mol. The van der Waals surface area contributed by atoms with Gasteiger partial charge in [-0.05, 0) is 81.2 Å². The third kappa shape index (κ3) is 4.87. The average molecular weight is 528 g/mol. The lowest BCUT2D eigenvalue weighted by Gasteiger charge is -2.25. The molecule has 0 aliphatic carbocycles. The van der Waals surface area contributed by atoms with Crippen molar-refractivity contribution in [2.45, 2.75) is 0 Å². The molecule has 6 rings (SSSR count). The average Bonchev–Trinajstić information content (AvgIpc) is 3.04. The van der Waals surface area contributed by atoms with E-state index in [0.29, 0.717) is 11.3 Å². The van der Waals surface area contributed by atoms with Crippen LogP contribution in [-0.4, -0.2) is 7.11 Å². The normalized spacial score (nSPS) is 10.9. The van der Waals surface area contributed by atoms with Gasteiger partial charge in [-0.3, -0.25) is 0 Å². The summed E-state index contributed by atoms with van der Waals surface area (Å²) in [6, 6.07) is 42.7. The van der Waals surface area contributed by atoms with E-state index in [1.807, 2.05) is 78.9 Å². The third-order valence-electron chi connectivity index (χ3n) is 7.21. The largest absolute Gasteiger partial charge is 0.497 e. The molecule has 0 saturated heterocycles. The number of nitriles is 1. The second-order valence-electron chi connectivity index (χ2n) is 9.59. The summed E-state index contributed by atoms with van der Waals surface area (Å²) in [7, 11) is 1.67. The first kappa shape index (κ1) is 25.4. The van der Waals surface area contributed by atoms with Crippen LogP contribution < -0.4 is 9.64 Å². The van der Waals surface area contributed by atoms with Gasteiger partial charge < -0.3 is 9.64 Å². The highest BCUT2D eigenvalue weighted by Gasteiger charge is 2.14. The van der Waals surface area contributed by atoms with Crippen LogP contribution in [0.5, 0.6) is 5.75 Å². The summed E-state index contributed by atoms with van der Waals surface area (Å²) in [4.78, 5) is 6.06. The highest BCUT2D eigenvalue weighted by Crippen LogP contribution is 2.39. The van der Waals surface area contributed by atoms with E-state index in [1.54, 1.807) is 7.11 Å². The Kier molecular flexibility index (Phi) is 6.89. The number of anilines is 3. The number of hydrogen-bond acceptors (Lipinski definition) is 3. The molecule has 0 aromatic heterocycles. The molecule has 194 valence electrons. The molecule has 0 saturated carbocycles. The van der Waals surface area contributed by atoms with E-state index in [1.165, 1.54) is 0 Å². The Hall–Kier alpha value is -5.84. The Morgan fingerprint density at radius 3 is 1.88 bits per heavy atom. The summed E-state index contributed by atoms with van der Waals surface area (Å²) in [5, 5.41) is 13.1. The van der Waals surface area contributed by atoms with Crippen LogP contribution in [0.15, 0.2) is 121 Å². The van der Waals surface area contributed by atoms with E-state index in [-0.39, 0.29) is 0 Å². The zero-order chi connectivity index (χ0) is 28.2. The van der Waals surface area contributed by atoms with Crippen molar-refractivity contribution in [3.8, 4) is 11.8 Å². The van der Waals surface area contributed by atoms with Crippen molar-refractivity contribution in [1.82, 2.24) is 0 Å². The van der Waals surface area contributed by atoms with Gasteiger partial charge in [-0.25, -0.2) is 4.85 Å². The van der Waals surface area contributed by atoms with Gasteiger partial charge in [0.2, 0.25) is 5.69 Å². The first-order valence-electron chi connectivity index (χ1n) is 13.2. The number of methoxy groups -OCH3 is 1. The van der Waals surface area contributed by atoms with Crippen molar-refractivity contribution < 1.29 is 4.74 Å². The molecule has 4 heteroatoms. The Balaban J connectivity index is 1.34. The maximum atomic E-state index is 9.90. The van der Waals surface area contributed by atoms with Gasteiger partial charge in [-0.15, -0.1) is 0 Å². The van der Waals surface area contributed by atoms with Crippen molar-refractivity contribution >= 4 is 56.4 Å². The summed E-state index contributed by atoms with van der Waals surface area (Å²) >= 11 is 0. The van der Waals surface area contributed by atoms with E-state index in [9.17, 15) is 5.26 Å². The van der Waals surface area contributed by atoms with Gasteiger partial charge in [-0.1, -0.05) is 84.9 Å². The summed E-state index contributed by atoms with van der Waals surface area (Å²) < 4.78 is 5.35. The molecule has 6 aromatic rings. The van der Waals surface area contributed by atoms with Crippen molar-refractivity contribution in [2.24, 2.45) is 0 Å². The Bertz CT molecular complexity index is 1980.